The fourth-order valence-corrected chi connectivity index (χ4v) is 3.40. The molecule has 2 aromatic rings. The van der Waals surface area contributed by atoms with Crippen LogP contribution < -0.4 is 5.32 Å². The summed E-state index contributed by atoms with van der Waals surface area (Å²) in [6.45, 7) is 4.69. The quantitative estimate of drug-likeness (QED) is 0.860. The Hall–Kier alpha value is -2.14. The monoisotopic (exact) mass is 313 g/mol. The number of nitrogens with one attached hydrogen (secondary N) is 1. The van der Waals surface area contributed by atoms with Crippen molar-refractivity contribution in [1.82, 2.24) is 14.9 Å². The zero-order chi connectivity index (χ0) is 16.2. The number of aromatic carboxylic acids is 1. The summed E-state index contributed by atoms with van der Waals surface area (Å²) in [6, 6.07) is 5.56. The van der Waals surface area contributed by atoms with E-state index >= 15 is 0 Å². The number of fused-ring (bicyclic) bond motifs is 1. The number of carbonyl (C=O) groups is 1. The Bertz CT molecular complexity index is 693. The first-order chi connectivity index (χ1) is 11.2. The molecule has 1 aromatic carbocycles. The van der Waals surface area contributed by atoms with Gasteiger partial charge in [0, 0.05) is 25.8 Å². The topological polar surface area (TPSA) is 67.2 Å². The van der Waals surface area contributed by atoms with Crippen molar-refractivity contribution in [2.24, 2.45) is 0 Å². The third-order valence-corrected chi connectivity index (χ3v) is 4.67. The largest absolute Gasteiger partial charge is 0.478 e. The third-order valence-electron chi connectivity index (χ3n) is 4.67. The van der Waals surface area contributed by atoms with E-state index in [9.17, 15) is 9.90 Å². The predicted molar refractivity (Wildman–Crippen MR) is 88.7 cm³/mol. The lowest BCUT2D eigenvalue weighted by Crippen LogP contribution is -2.25. The van der Waals surface area contributed by atoms with Crippen molar-refractivity contribution < 1.29 is 9.90 Å². The lowest BCUT2D eigenvalue weighted by Gasteiger charge is -2.26. The van der Waals surface area contributed by atoms with Crippen LogP contribution >= 0.6 is 0 Å². The molecule has 1 heterocycles. The van der Waals surface area contributed by atoms with Crippen LogP contribution in [0.2, 0.25) is 0 Å². The van der Waals surface area contributed by atoms with Crippen LogP contribution in [0.4, 0.5) is 0 Å². The molecule has 0 bridgehead atoms. The molecular formula is C18H23N3O2. The molecule has 0 saturated carbocycles. The van der Waals surface area contributed by atoms with E-state index in [0.29, 0.717) is 11.5 Å². The van der Waals surface area contributed by atoms with Gasteiger partial charge in [-0.3, -0.25) is 0 Å². The molecule has 1 aliphatic carbocycles. The molecule has 5 heteroatoms. The minimum atomic E-state index is -0.850. The van der Waals surface area contributed by atoms with Crippen molar-refractivity contribution in [3.63, 3.8) is 0 Å². The molecule has 1 aromatic heterocycles. The molecule has 0 radical (unpaired) electrons. The highest BCUT2D eigenvalue weighted by atomic mass is 16.4. The van der Waals surface area contributed by atoms with Gasteiger partial charge in [-0.1, -0.05) is 6.07 Å². The summed E-state index contributed by atoms with van der Waals surface area (Å²) in [7, 11) is 0. The van der Waals surface area contributed by atoms with E-state index in [-0.39, 0.29) is 0 Å². The molecule has 2 N–H and O–H groups in total. The summed E-state index contributed by atoms with van der Waals surface area (Å²) in [5.41, 5.74) is 4.07. The van der Waals surface area contributed by atoms with E-state index in [1.54, 1.807) is 6.07 Å². The first kappa shape index (κ1) is 15.7. The number of hydrogen-bond donors (Lipinski definition) is 2. The maximum atomic E-state index is 11.2. The number of hydrogen-bond acceptors (Lipinski definition) is 3. The molecule has 122 valence electrons. The van der Waals surface area contributed by atoms with Crippen molar-refractivity contribution in [1.29, 1.82) is 0 Å². The minimum Gasteiger partial charge on any atom is -0.478 e. The first-order valence-corrected chi connectivity index (χ1v) is 8.25. The third kappa shape index (κ3) is 3.45. The lowest BCUT2D eigenvalue weighted by atomic mass is 9.82. The summed E-state index contributed by atoms with van der Waals surface area (Å²) >= 11 is 0. The van der Waals surface area contributed by atoms with Crippen LogP contribution in [0.15, 0.2) is 30.7 Å². The summed E-state index contributed by atoms with van der Waals surface area (Å²) in [6.07, 6.45) is 7.07. The van der Waals surface area contributed by atoms with Crippen LogP contribution in [0.5, 0.6) is 0 Å². The van der Waals surface area contributed by atoms with Gasteiger partial charge in [-0.25, -0.2) is 9.78 Å². The highest BCUT2D eigenvalue weighted by Gasteiger charge is 2.21. The Balaban J connectivity index is 1.68. The number of imidazole rings is 1. The average Bonchev–Trinajstić information content (AvgIpc) is 3.02. The van der Waals surface area contributed by atoms with Gasteiger partial charge in [0.05, 0.1) is 17.6 Å². The summed E-state index contributed by atoms with van der Waals surface area (Å²) < 4.78 is 2.13. The summed E-state index contributed by atoms with van der Waals surface area (Å²) in [5.74, 6) is -0.465. The molecule has 0 saturated heterocycles. The van der Waals surface area contributed by atoms with Crippen LogP contribution in [0.1, 0.15) is 52.9 Å². The zero-order valence-electron chi connectivity index (χ0n) is 13.5. The van der Waals surface area contributed by atoms with E-state index in [4.69, 9.17) is 0 Å². The molecule has 1 atom stereocenters. The molecular weight excluding hydrogens is 290 g/mol. The maximum Gasteiger partial charge on any atom is 0.335 e. The predicted octanol–water partition coefficient (Wildman–Crippen LogP) is 2.81. The van der Waals surface area contributed by atoms with Gasteiger partial charge in [-0.2, -0.15) is 0 Å². The van der Waals surface area contributed by atoms with Gasteiger partial charge in [0.1, 0.15) is 0 Å². The zero-order valence-corrected chi connectivity index (χ0v) is 13.5. The Morgan fingerprint density at radius 2 is 2.35 bits per heavy atom. The standard InChI is InChI=1S/C18H23N3O2/c1-2-21-12-20-11-16(21)10-19-9-15-5-3-4-13-6-7-14(18(22)23)8-17(13)15/h6-8,11-12,15,19H,2-5,9-10H2,1H3,(H,22,23). The number of rotatable bonds is 6. The Morgan fingerprint density at radius 1 is 1.48 bits per heavy atom. The van der Waals surface area contributed by atoms with Crippen LogP contribution in [0.3, 0.4) is 0 Å². The summed E-state index contributed by atoms with van der Waals surface area (Å²) in [5, 5.41) is 12.7. The van der Waals surface area contributed by atoms with Gasteiger partial charge >= 0.3 is 5.97 Å². The van der Waals surface area contributed by atoms with Gasteiger partial charge in [-0.15, -0.1) is 0 Å². The van der Waals surface area contributed by atoms with Crippen molar-refractivity contribution in [3.8, 4) is 0 Å². The summed E-state index contributed by atoms with van der Waals surface area (Å²) in [4.78, 5) is 15.4. The molecule has 5 nitrogen and oxygen atoms in total. The van der Waals surface area contributed by atoms with Crippen molar-refractivity contribution in [3.05, 3.63) is 53.1 Å². The molecule has 0 aliphatic heterocycles. The van der Waals surface area contributed by atoms with Gasteiger partial charge in [0.15, 0.2) is 0 Å². The Labute approximate surface area is 136 Å². The number of benzene rings is 1. The van der Waals surface area contributed by atoms with Crippen molar-refractivity contribution in [2.75, 3.05) is 6.54 Å². The second-order valence-corrected chi connectivity index (χ2v) is 6.11. The molecule has 1 aliphatic rings. The lowest BCUT2D eigenvalue weighted by molar-refractivity contribution is 0.0696. The number of aryl methyl sites for hydroxylation is 2. The van der Waals surface area contributed by atoms with Gasteiger partial charge < -0.3 is 15.0 Å². The van der Waals surface area contributed by atoms with Crippen molar-refractivity contribution in [2.45, 2.75) is 45.2 Å². The van der Waals surface area contributed by atoms with Crippen LogP contribution in [0.25, 0.3) is 0 Å². The Morgan fingerprint density at radius 3 is 3.13 bits per heavy atom. The minimum absolute atomic E-state index is 0.385. The normalized spacial score (nSPS) is 17.0. The van der Waals surface area contributed by atoms with Gasteiger partial charge in [0.2, 0.25) is 0 Å². The molecule has 0 fully saturated rings. The SMILES string of the molecule is CCn1cncc1CNCC1CCCc2ccc(C(=O)O)cc21. The van der Waals surface area contributed by atoms with E-state index < -0.39 is 5.97 Å². The van der Waals surface area contributed by atoms with Crippen LogP contribution in [-0.2, 0) is 19.5 Å². The molecule has 0 amide bonds. The first-order valence-electron chi connectivity index (χ1n) is 8.25. The highest BCUT2D eigenvalue weighted by Crippen LogP contribution is 2.32. The van der Waals surface area contributed by atoms with E-state index in [2.05, 4.69) is 21.8 Å². The van der Waals surface area contributed by atoms with E-state index in [1.165, 1.54) is 23.2 Å². The fraction of sp³-hybridized carbons (Fsp3) is 0.444. The maximum absolute atomic E-state index is 11.2. The number of carboxylic acid groups (broad SMARTS) is 1. The van der Waals surface area contributed by atoms with E-state index in [0.717, 1.165) is 32.5 Å². The fourth-order valence-electron chi connectivity index (χ4n) is 3.40. The van der Waals surface area contributed by atoms with Crippen molar-refractivity contribution >= 4 is 5.97 Å². The second kappa shape index (κ2) is 6.96. The molecule has 1 unspecified atom stereocenters. The van der Waals surface area contributed by atoms with E-state index in [1.807, 2.05) is 24.7 Å². The second-order valence-electron chi connectivity index (χ2n) is 6.11. The number of aromatic nitrogens is 2. The Kier molecular flexibility index (Phi) is 4.76. The molecule has 3 rings (SSSR count). The smallest absolute Gasteiger partial charge is 0.335 e. The average molecular weight is 313 g/mol. The number of nitrogens with zero attached hydrogens (tertiary/aromatic N) is 2. The number of carboxylic acids is 1. The van der Waals surface area contributed by atoms with Crippen LogP contribution in [-0.4, -0.2) is 27.2 Å². The van der Waals surface area contributed by atoms with Gasteiger partial charge in [0.25, 0.3) is 0 Å². The molecule has 23 heavy (non-hydrogen) atoms. The molecule has 0 spiro atoms. The van der Waals surface area contributed by atoms with Gasteiger partial charge in [-0.05, 0) is 55.4 Å². The van der Waals surface area contributed by atoms with Crippen LogP contribution in [0, 0.1) is 0 Å². The highest BCUT2D eigenvalue weighted by molar-refractivity contribution is 5.88.